The Hall–Kier alpha value is -5.17. The highest BCUT2D eigenvalue weighted by atomic mass is 16.5. The maximum Gasteiger partial charge on any atom is 0.408 e. The van der Waals surface area contributed by atoms with Gasteiger partial charge in [0.1, 0.15) is 0 Å². The van der Waals surface area contributed by atoms with Crippen molar-refractivity contribution in [3.63, 3.8) is 0 Å². The molecule has 0 unspecified atom stereocenters. The average molecular weight is 520 g/mol. The van der Waals surface area contributed by atoms with E-state index in [-0.39, 0.29) is 29.2 Å². The van der Waals surface area contributed by atoms with E-state index in [4.69, 9.17) is 0 Å². The van der Waals surface area contributed by atoms with Gasteiger partial charge in [0.05, 0.1) is 7.11 Å². The quantitative estimate of drug-likeness (QED) is 0.272. The molecule has 4 aromatic carbocycles. The molecule has 0 spiro atoms. The van der Waals surface area contributed by atoms with Gasteiger partial charge < -0.3 is 9.64 Å². The molecule has 4 aromatic rings. The molecule has 0 fully saturated rings. The van der Waals surface area contributed by atoms with E-state index >= 15 is 0 Å². The third kappa shape index (κ3) is 5.29. The van der Waals surface area contributed by atoms with Crippen LogP contribution >= 0.6 is 0 Å². The van der Waals surface area contributed by atoms with Gasteiger partial charge in [-0.15, -0.1) is 0 Å². The summed E-state index contributed by atoms with van der Waals surface area (Å²) < 4.78 is 4.30. The van der Waals surface area contributed by atoms with Gasteiger partial charge in [-0.05, 0) is 0 Å². The highest BCUT2D eigenvalue weighted by Crippen LogP contribution is 2.27. The molecular formula is C32H25NO6. The highest BCUT2D eigenvalue weighted by molar-refractivity contribution is 6.29. The Morgan fingerprint density at radius 1 is 0.462 bits per heavy atom. The molecule has 2 aliphatic carbocycles. The van der Waals surface area contributed by atoms with Gasteiger partial charge in [-0.3, -0.25) is 19.2 Å². The number of methoxy groups -OCH3 is 1. The fourth-order valence-electron chi connectivity index (χ4n) is 4.28. The maximum absolute atomic E-state index is 12.1. The predicted octanol–water partition coefficient (Wildman–Crippen LogP) is 5.24. The summed E-state index contributed by atoms with van der Waals surface area (Å²) in [6.45, 7) is 0. The number of hydrogen-bond donors (Lipinski definition) is 0. The van der Waals surface area contributed by atoms with Crippen molar-refractivity contribution in [2.45, 2.75) is 0 Å². The lowest BCUT2D eigenvalue weighted by Gasteiger charge is -2.16. The van der Waals surface area contributed by atoms with Crippen molar-refractivity contribution in [1.29, 1.82) is 0 Å². The second-order valence-electron chi connectivity index (χ2n) is 8.86. The van der Waals surface area contributed by atoms with Crippen LogP contribution in [-0.4, -0.2) is 55.3 Å². The SMILES string of the molecule is COC(=O)N(C)C.O=C1c2ccccc2C(=O)c2ccccc21.O=C1c2ccccc2C(=O)c2ccccc21. The van der Waals surface area contributed by atoms with E-state index in [0.29, 0.717) is 44.5 Å². The van der Waals surface area contributed by atoms with Crippen molar-refractivity contribution in [2.75, 3.05) is 21.2 Å². The number of hydrogen-bond acceptors (Lipinski definition) is 6. The summed E-state index contributed by atoms with van der Waals surface area (Å²) in [6, 6.07) is 27.8. The first kappa shape index (κ1) is 26.9. The minimum absolute atomic E-state index is 0.0641. The standard InChI is InChI=1S/2C14H8O2.C4H9NO2/c2*15-13-9-5-1-2-6-10(9)14(16)12-8-4-3-7-11(12)13;1-5(2)4(6)7-3/h2*1-8H;1-3H3. The number of amides is 1. The van der Waals surface area contributed by atoms with Crippen molar-refractivity contribution in [3.8, 4) is 0 Å². The smallest absolute Gasteiger partial charge is 0.408 e. The number of carbonyl (C=O) groups is 5. The summed E-state index contributed by atoms with van der Waals surface area (Å²) in [5.41, 5.74) is 4.05. The molecule has 194 valence electrons. The van der Waals surface area contributed by atoms with Crippen LogP contribution in [0.3, 0.4) is 0 Å². The van der Waals surface area contributed by atoms with E-state index in [1.54, 1.807) is 111 Å². The predicted molar refractivity (Wildman–Crippen MR) is 146 cm³/mol. The van der Waals surface area contributed by atoms with Crippen LogP contribution in [-0.2, 0) is 4.74 Å². The summed E-state index contributed by atoms with van der Waals surface area (Å²) >= 11 is 0. The van der Waals surface area contributed by atoms with Crippen LogP contribution in [0.2, 0.25) is 0 Å². The van der Waals surface area contributed by atoms with Gasteiger partial charge in [0.15, 0.2) is 23.1 Å². The van der Waals surface area contributed by atoms with Crippen molar-refractivity contribution >= 4 is 29.2 Å². The van der Waals surface area contributed by atoms with E-state index in [1.165, 1.54) is 12.0 Å². The molecule has 39 heavy (non-hydrogen) atoms. The van der Waals surface area contributed by atoms with Crippen LogP contribution < -0.4 is 0 Å². The molecule has 2 aliphatic rings. The van der Waals surface area contributed by atoms with E-state index < -0.39 is 0 Å². The van der Waals surface area contributed by atoms with E-state index in [1.807, 2.05) is 0 Å². The molecule has 0 saturated carbocycles. The molecule has 1 amide bonds. The van der Waals surface area contributed by atoms with E-state index in [2.05, 4.69) is 4.74 Å². The second-order valence-corrected chi connectivity index (χ2v) is 8.86. The van der Waals surface area contributed by atoms with Crippen LogP contribution in [0.25, 0.3) is 0 Å². The van der Waals surface area contributed by atoms with Crippen molar-refractivity contribution in [2.24, 2.45) is 0 Å². The van der Waals surface area contributed by atoms with Crippen molar-refractivity contribution < 1.29 is 28.7 Å². The molecule has 6 rings (SSSR count). The van der Waals surface area contributed by atoms with Gasteiger partial charge in [-0.1, -0.05) is 97.1 Å². The van der Waals surface area contributed by atoms with E-state index in [9.17, 15) is 24.0 Å². The molecule has 0 aromatic heterocycles. The second kappa shape index (κ2) is 11.5. The molecule has 0 bridgehead atoms. The first-order valence-corrected chi connectivity index (χ1v) is 12.1. The normalized spacial score (nSPS) is 12.3. The number of benzene rings is 4. The lowest BCUT2D eigenvalue weighted by atomic mass is 9.84. The molecule has 0 atom stereocenters. The monoisotopic (exact) mass is 519 g/mol. The van der Waals surface area contributed by atoms with Crippen LogP contribution in [0.1, 0.15) is 63.7 Å². The highest BCUT2D eigenvalue weighted by Gasteiger charge is 2.29. The Labute approximate surface area is 225 Å². The zero-order valence-corrected chi connectivity index (χ0v) is 21.6. The molecule has 7 nitrogen and oxygen atoms in total. The van der Waals surface area contributed by atoms with Gasteiger partial charge in [0.2, 0.25) is 0 Å². The summed E-state index contributed by atoms with van der Waals surface area (Å²) in [4.78, 5) is 60.0. The summed E-state index contributed by atoms with van der Waals surface area (Å²) in [7, 11) is 4.61. The molecule has 0 radical (unpaired) electrons. The van der Waals surface area contributed by atoms with Gasteiger partial charge in [0.25, 0.3) is 0 Å². The number of ether oxygens (including phenoxy) is 1. The fraction of sp³-hybridized carbons (Fsp3) is 0.0938. The zero-order valence-electron chi connectivity index (χ0n) is 21.6. The Morgan fingerprint density at radius 3 is 0.744 bits per heavy atom. The Balaban J connectivity index is 0.000000147. The Bertz CT molecular complexity index is 1300. The first-order valence-electron chi connectivity index (χ1n) is 12.1. The summed E-state index contributed by atoms with van der Waals surface area (Å²) in [6.07, 6.45) is -0.319. The molecular weight excluding hydrogens is 494 g/mol. The maximum atomic E-state index is 12.1. The third-order valence-corrected chi connectivity index (χ3v) is 6.21. The van der Waals surface area contributed by atoms with Crippen LogP contribution in [0.15, 0.2) is 97.1 Å². The first-order chi connectivity index (χ1) is 18.8. The Kier molecular flexibility index (Phi) is 7.91. The van der Waals surface area contributed by atoms with Gasteiger partial charge in [-0.2, -0.15) is 0 Å². The summed E-state index contributed by atoms with van der Waals surface area (Å²) in [5.74, 6) is -0.256. The van der Waals surface area contributed by atoms with Gasteiger partial charge in [0, 0.05) is 58.6 Å². The van der Waals surface area contributed by atoms with Gasteiger partial charge >= 0.3 is 6.09 Å². The lowest BCUT2D eigenvalue weighted by Crippen LogP contribution is -2.20. The third-order valence-electron chi connectivity index (χ3n) is 6.21. The number of ketones is 4. The fourth-order valence-corrected chi connectivity index (χ4v) is 4.28. The number of carbonyl (C=O) groups excluding carboxylic acids is 5. The molecule has 0 aliphatic heterocycles. The molecule has 0 heterocycles. The minimum atomic E-state index is -0.319. The van der Waals surface area contributed by atoms with Gasteiger partial charge in [-0.25, -0.2) is 4.79 Å². The number of nitrogens with zero attached hydrogens (tertiary/aromatic N) is 1. The van der Waals surface area contributed by atoms with E-state index in [0.717, 1.165) is 0 Å². The average Bonchev–Trinajstić information content (AvgIpc) is 2.99. The summed E-state index contributed by atoms with van der Waals surface area (Å²) in [5, 5.41) is 0. The van der Waals surface area contributed by atoms with Crippen LogP contribution in [0, 0.1) is 0 Å². The molecule has 0 saturated heterocycles. The topological polar surface area (TPSA) is 97.8 Å². The Morgan fingerprint density at radius 2 is 0.641 bits per heavy atom. The largest absolute Gasteiger partial charge is 0.453 e. The minimum Gasteiger partial charge on any atom is -0.453 e. The number of rotatable bonds is 0. The zero-order chi connectivity index (χ0) is 28.1. The van der Waals surface area contributed by atoms with Crippen LogP contribution in [0.5, 0.6) is 0 Å². The molecule has 0 N–H and O–H groups in total. The lowest BCUT2D eigenvalue weighted by molar-refractivity contribution is 0.0979. The number of fused-ring (bicyclic) bond motifs is 4. The van der Waals surface area contributed by atoms with Crippen LogP contribution in [0.4, 0.5) is 4.79 Å². The van der Waals surface area contributed by atoms with Crippen molar-refractivity contribution in [1.82, 2.24) is 4.90 Å². The van der Waals surface area contributed by atoms with Crippen molar-refractivity contribution in [3.05, 3.63) is 142 Å². The molecule has 7 heteroatoms.